The van der Waals surface area contributed by atoms with Crippen molar-refractivity contribution in [3.8, 4) is 11.5 Å². The van der Waals surface area contributed by atoms with E-state index in [1.54, 1.807) is 0 Å². The molecular weight excluding hydrogens is 350 g/mol. The first-order valence-corrected chi connectivity index (χ1v) is 10.1. The van der Waals surface area contributed by atoms with Crippen LogP contribution in [0.3, 0.4) is 0 Å². The Labute approximate surface area is 167 Å². The van der Waals surface area contributed by atoms with E-state index in [2.05, 4.69) is 35.1 Å². The number of fused-ring (bicyclic) bond motifs is 1. The Balaban J connectivity index is 1.64. The number of ether oxygens (including phenoxy) is 2. The summed E-state index contributed by atoms with van der Waals surface area (Å²) < 4.78 is 11.7. The van der Waals surface area contributed by atoms with E-state index in [1.165, 1.54) is 12.8 Å². The summed E-state index contributed by atoms with van der Waals surface area (Å²) in [6.07, 6.45) is 2.59. The lowest BCUT2D eigenvalue weighted by Crippen LogP contribution is -2.19. The summed E-state index contributed by atoms with van der Waals surface area (Å²) in [5.74, 6) is 1.74. The van der Waals surface area contributed by atoms with Gasteiger partial charge in [0.25, 0.3) is 0 Å². The molecule has 0 radical (unpaired) electrons. The van der Waals surface area contributed by atoms with Crippen molar-refractivity contribution in [2.24, 2.45) is 0 Å². The van der Waals surface area contributed by atoms with E-state index in [-0.39, 0.29) is 6.10 Å². The Hall–Kier alpha value is -2.53. The van der Waals surface area contributed by atoms with Crippen LogP contribution >= 0.6 is 0 Å². The van der Waals surface area contributed by atoms with Gasteiger partial charge in [0.1, 0.15) is 18.1 Å². The van der Waals surface area contributed by atoms with Gasteiger partial charge in [0, 0.05) is 11.9 Å². The molecule has 0 aliphatic carbocycles. The maximum atomic E-state index is 6.02. The highest BCUT2D eigenvalue weighted by Crippen LogP contribution is 2.24. The second-order valence-electron chi connectivity index (χ2n) is 7.57. The highest BCUT2D eigenvalue weighted by atomic mass is 16.5. The molecule has 0 saturated carbocycles. The van der Waals surface area contributed by atoms with Crippen molar-refractivity contribution in [1.29, 1.82) is 0 Å². The predicted molar refractivity (Wildman–Crippen MR) is 114 cm³/mol. The lowest BCUT2D eigenvalue weighted by atomic mass is 10.2. The van der Waals surface area contributed by atoms with Crippen LogP contribution in [0.15, 0.2) is 42.5 Å². The zero-order valence-electron chi connectivity index (χ0n) is 17.4. The number of hydrogen-bond donors (Lipinski definition) is 1. The monoisotopic (exact) mass is 381 g/mol. The molecule has 1 aromatic heterocycles. The van der Waals surface area contributed by atoms with Gasteiger partial charge >= 0.3 is 0 Å². The molecule has 5 heteroatoms. The Kier molecular flexibility index (Phi) is 6.93. The highest BCUT2D eigenvalue weighted by molar-refractivity contribution is 5.82. The second kappa shape index (κ2) is 9.60. The maximum absolute atomic E-state index is 6.02. The van der Waals surface area contributed by atoms with Gasteiger partial charge in [-0.2, -0.15) is 5.10 Å². The number of unbranched alkanes of at least 4 members (excludes halogenated alkanes) is 1. The van der Waals surface area contributed by atoms with Crippen molar-refractivity contribution < 1.29 is 9.47 Å². The van der Waals surface area contributed by atoms with Gasteiger partial charge in [-0.15, -0.1) is 0 Å². The molecular formula is C23H31N3O2. The first kappa shape index (κ1) is 20.2. The van der Waals surface area contributed by atoms with Crippen LogP contribution in [0.4, 0.5) is 0 Å². The molecule has 0 fully saturated rings. The molecule has 3 rings (SSSR count). The van der Waals surface area contributed by atoms with E-state index in [1.807, 2.05) is 50.2 Å². The number of nitrogens with zero attached hydrogens (tertiary/aromatic N) is 2. The number of H-pyrrole nitrogens is 1. The largest absolute Gasteiger partial charge is 0.491 e. The first-order chi connectivity index (χ1) is 13.5. The first-order valence-electron chi connectivity index (χ1n) is 10.1. The molecule has 150 valence electrons. The van der Waals surface area contributed by atoms with Crippen LogP contribution in [0.5, 0.6) is 11.5 Å². The lowest BCUT2D eigenvalue weighted by molar-refractivity contribution is 0.242. The molecule has 0 atom stereocenters. The van der Waals surface area contributed by atoms with Crippen molar-refractivity contribution in [3.05, 3.63) is 53.7 Å². The summed E-state index contributed by atoms with van der Waals surface area (Å²) in [6.45, 7) is 8.74. The van der Waals surface area contributed by atoms with Crippen LogP contribution in [-0.2, 0) is 13.2 Å². The van der Waals surface area contributed by atoms with Crippen LogP contribution in [-0.4, -0.2) is 34.8 Å². The molecule has 28 heavy (non-hydrogen) atoms. The van der Waals surface area contributed by atoms with Gasteiger partial charge in [-0.3, -0.25) is 5.10 Å². The van der Waals surface area contributed by atoms with E-state index in [4.69, 9.17) is 9.47 Å². The Bertz CT molecular complexity index is 871. The van der Waals surface area contributed by atoms with E-state index < -0.39 is 0 Å². The Morgan fingerprint density at radius 2 is 1.82 bits per heavy atom. The molecule has 3 aromatic rings. The molecule has 0 aliphatic rings. The van der Waals surface area contributed by atoms with Crippen molar-refractivity contribution >= 4 is 10.9 Å². The smallest absolute Gasteiger partial charge is 0.120 e. The molecule has 2 aromatic carbocycles. The minimum Gasteiger partial charge on any atom is -0.491 e. The topological polar surface area (TPSA) is 50.4 Å². The lowest BCUT2D eigenvalue weighted by Gasteiger charge is -2.15. The van der Waals surface area contributed by atoms with Crippen molar-refractivity contribution in [2.45, 2.75) is 52.9 Å². The van der Waals surface area contributed by atoms with Gasteiger partial charge < -0.3 is 14.4 Å². The molecule has 0 saturated heterocycles. The molecule has 0 spiro atoms. The number of aromatic amines is 1. The minimum absolute atomic E-state index is 0.180. The minimum atomic E-state index is 0.180. The molecule has 5 nitrogen and oxygen atoms in total. The van der Waals surface area contributed by atoms with Crippen LogP contribution in [0.1, 0.15) is 44.9 Å². The number of hydrogen-bond acceptors (Lipinski definition) is 4. The van der Waals surface area contributed by atoms with Crippen LogP contribution in [0.2, 0.25) is 0 Å². The third kappa shape index (κ3) is 5.49. The van der Waals surface area contributed by atoms with Crippen molar-refractivity contribution in [3.63, 3.8) is 0 Å². The Morgan fingerprint density at radius 1 is 1.07 bits per heavy atom. The van der Waals surface area contributed by atoms with E-state index in [0.717, 1.165) is 46.7 Å². The molecule has 0 amide bonds. The van der Waals surface area contributed by atoms with Crippen LogP contribution in [0, 0.1) is 0 Å². The molecule has 0 unspecified atom stereocenters. The second-order valence-corrected chi connectivity index (χ2v) is 7.57. The predicted octanol–water partition coefficient (Wildman–Crippen LogP) is 5.16. The average molecular weight is 382 g/mol. The number of benzene rings is 2. The molecule has 1 heterocycles. The summed E-state index contributed by atoms with van der Waals surface area (Å²) >= 11 is 0. The third-order valence-electron chi connectivity index (χ3n) is 4.63. The number of aromatic nitrogens is 2. The average Bonchev–Trinajstić information content (AvgIpc) is 3.07. The molecule has 1 N–H and O–H groups in total. The normalized spacial score (nSPS) is 11.5. The molecule has 0 bridgehead atoms. The summed E-state index contributed by atoms with van der Waals surface area (Å²) in [5.41, 5.74) is 3.22. The van der Waals surface area contributed by atoms with Gasteiger partial charge in [0.15, 0.2) is 0 Å². The fourth-order valence-corrected chi connectivity index (χ4v) is 3.13. The number of rotatable bonds is 10. The quantitative estimate of drug-likeness (QED) is 0.527. The van der Waals surface area contributed by atoms with Crippen molar-refractivity contribution in [2.75, 3.05) is 13.6 Å². The summed E-state index contributed by atoms with van der Waals surface area (Å²) in [6, 6.07) is 14.1. The van der Waals surface area contributed by atoms with E-state index in [9.17, 15) is 0 Å². The summed E-state index contributed by atoms with van der Waals surface area (Å²) in [4.78, 5) is 2.32. The standard InChI is InChI=1S/C23H31N3O2/c1-5-6-13-26(4)15-23-21-14-20(11-12-22(21)24-25-23)27-16-18-7-9-19(10-8-18)28-17(2)3/h7-12,14,17H,5-6,13,15-16H2,1-4H3,(H,24,25). The highest BCUT2D eigenvalue weighted by Gasteiger charge is 2.09. The zero-order valence-corrected chi connectivity index (χ0v) is 17.4. The molecule has 0 aliphatic heterocycles. The van der Waals surface area contributed by atoms with Gasteiger partial charge in [-0.05, 0) is 69.8 Å². The van der Waals surface area contributed by atoms with Crippen molar-refractivity contribution in [1.82, 2.24) is 15.1 Å². The number of nitrogens with one attached hydrogen (secondary N) is 1. The van der Waals surface area contributed by atoms with Gasteiger partial charge in [-0.25, -0.2) is 0 Å². The van der Waals surface area contributed by atoms with Crippen LogP contribution < -0.4 is 9.47 Å². The SMILES string of the molecule is CCCCN(C)Cc1[nH]nc2ccc(OCc3ccc(OC(C)C)cc3)cc12. The van der Waals surface area contributed by atoms with Gasteiger partial charge in [0.2, 0.25) is 0 Å². The summed E-state index contributed by atoms with van der Waals surface area (Å²) in [7, 11) is 2.15. The van der Waals surface area contributed by atoms with E-state index >= 15 is 0 Å². The van der Waals surface area contributed by atoms with Gasteiger partial charge in [0.05, 0.1) is 17.3 Å². The fourth-order valence-electron chi connectivity index (χ4n) is 3.13. The maximum Gasteiger partial charge on any atom is 0.120 e. The van der Waals surface area contributed by atoms with Crippen LogP contribution in [0.25, 0.3) is 10.9 Å². The third-order valence-corrected chi connectivity index (χ3v) is 4.63. The van der Waals surface area contributed by atoms with Gasteiger partial charge in [-0.1, -0.05) is 25.5 Å². The Morgan fingerprint density at radius 3 is 2.54 bits per heavy atom. The fraction of sp³-hybridized carbons (Fsp3) is 0.435. The zero-order chi connectivity index (χ0) is 19.9. The summed E-state index contributed by atoms with van der Waals surface area (Å²) in [5, 5.41) is 8.73. The van der Waals surface area contributed by atoms with E-state index in [0.29, 0.717) is 6.61 Å².